The second kappa shape index (κ2) is 14.3. The summed E-state index contributed by atoms with van der Waals surface area (Å²) >= 11 is 6.35. The zero-order valence-corrected chi connectivity index (χ0v) is 27.9. The van der Waals surface area contributed by atoms with E-state index in [0.29, 0.717) is 10.6 Å². The van der Waals surface area contributed by atoms with Gasteiger partial charge in [-0.25, -0.2) is 8.42 Å². The predicted molar refractivity (Wildman–Crippen MR) is 181 cm³/mol. The average molecular weight is 646 g/mol. The van der Waals surface area contributed by atoms with Crippen molar-refractivity contribution < 1.29 is 18.0 Å². The topological polar surface area (TPSA) is 86.8 Å². The Balaban J connectivity index is 1.84. The quantitative estimate of drug-likeness (QED) is 0.197. The van der Waals surface area contributed by atoms with E-state index < -0.39 is 34.1 Å². The summed E-state index contributed by atoms with van der Waals surface area (Å²) in [5.41, 5.74) is 3.08. The van der Waals surface area contributed by atoms with Gasteiger partial charge in [0, 0.05) is 23.5 Å². The molecular weight excluding hydrogens is 606 g/mol. The fourth-order valence-electron chi connectivity index (χ4n) is 4.98. The monoisotopic (exact) mass is 645 g/mol. The van der Waals surface area contributed by atoms with E-state index in [2.05, 4.69) is 5.32 Å². The van der Waals surface area contributed by atoms with Gasteiger partial charge in [-0.1, -0.05) is 96.0 Å². The van der Waals surface area contributed by atoms with E-state index in [1.54, 1.807) is 43.3 Å². The Morgan fingerprint density at radius 2 is 1.42 bits per heavy atom. The molecule has 45 heavy (non-hydrogen) atoms. The molecule has 0 aromatic heterocycles. The zero-order chi connectivity index (χ0) is 32.8. The minimum Gasteiger partial charge on any atom is -0.350 e. The van der Waals surface area contributed by atoms with Gasteiger partial charge in [-0.2, -0.15) is 0 Å². The number of halogens is 1. The van der Waals surface area contributed by atoms with Crippen molar-refractivity contribution in [3.05, 3.63) is 130 Å². The van der Waals surface area contributed by atoms with Crippen molar-refractivity contribution in [2.75, 3.05) is 10.8 Å². The number of aryl methyl sites for hydroxylation is 2. The third kappa shape index (κ3) is 8.96. The SMILES string of the molecule is Cc1ccc(CN(C(=O)CN(c2cc(Cl)ccc2C)S(=O)(=O)c2ccccc2)[C@@H](Cc2ccccc2)C(=O)NC(C)(C)C)cc1. The van der Waals surface area contributed by atoms with Crippen molar-refractivity contribution in [2.24, 2.45) is 0 Å². The summed E-state index contributed by atoms with van der Waals surface area (Å²) in [4.78, 5) is 30.1. The van der Waals surface area contributed by atoms with Crippen LogP contribution in [0.1, 0.15) is 43.0 Å². The maximum Gasteiger partial charge on any atom is 0.264 e. The van der Waals surface area contributed by atoms with Gasteiger partial charge in [0.15, 0.2) is 0 Å². The Bertz CT molecular complexity index is 1720. The van der Waals surface area contributed by atoms with Crippen molar-refractivity contribution in [2.45, 2.75) is 64.1 Å². The summed E-state index contributed by atoms with van der Waals surface area (Å²) in [5.74, 6) is -0.859. The molecule has 2 amide bonds. The highest BCUT2D eigenvalue weighted by Crippen LogP contribution is 2.30. The van der Waals surface area contributed by atoms with Crippen LogP contribution in [0.25, 0.3) is 0 Å². The molecule has 0 heterocycles. The molecule has 4 rings (SSSR count). The van der Waals surface area contributed by atoms with Crippen LogP contribution >= 0.6 is 11.6 Å². The Hall–Kier alpha value is -4.14. The Labute approximate surface area is 271 Å². The lowest BCUT2D eigenvalue weighted by Gasteiger charge is -2.35. The number of amides is 2. The van der Waals surface area contributed by atoms with Gasteiger partial charge in [0.2, 0.25) is 11.8 Å². The van der Waals surface area contributed by atoms with Gasteiger partial charge in [-0.15, -0.1) is 0 Å². The third-order valence-electron chi connectivity index (χ3n) is 7.29. The molecule has 1 N–H and O–H groups in total. The number of carbonyl (C=O) groups is 2. The van der Waals surface area contributed by atoms with Crippen LogP contribution in [0.15, 0.2) is 108 Å². The molecule has 0 bridgehead atoms. The Morgan fingerprint density at radius 1 is 0.822 bits per heavy atom. The van der Waals surface area contributed by atoms with Crippen molar-refractivity contribution in [1.82, 2.24) is 10.2 Å². The van der Waals surface area contributed by atoms with Gasteiger partial charge < -0.3 is 10.2 Å². The minimum absolute atomic E-state index is 0.0357. The predicted octanol–water partition coefficient (Wildman–Crippen LogP) is 6.71. The molecule has 0 aliphatic heterocycles. The van der Waals surface area contributed by atoms with Crippen LogP contribution < -0.4 is 9.62 Å². The standard InChI is InChI=1S/C36H40ClN3O4S/c1-26-16-19-29(20-17-26)24-39(33(35(42)38-36(3,4)5)22-28-12-8-6-9-13-28)34(41)25-40(32-23-30(37)21-18-27(32)2)45(43,44)31-14-10-7-11-15-31/h6-21,23,33H,22,24-25H2,1-5H3,(H,38,42)/t33-/m0/s1. The van der Waals surface area contributed by atoms with E-state index in [-0.39, 0.29) is 29.5 Å². The molecule has 7 nitrogen and oxygen atoms in total. The number of nitrogens with one attached hydrogen (secondary N) is 1. The van der Waals surface area contributed by atoms with Crippen molar-refractivity contribution in [3.8, 4) is 0 Å². The van der Waals surface area contributed by atoms with Crippen LogP contribution in [-0.4, -0.2) is 43.3 Å². The zero-order valence-electron chi connectivity index (χ0n) is 26.3. The van der Waals surface area contributed by atoms with E-state index in [4.69, 9.17) is 11.6 Å². The van der Waals surface area contributed by atoms with E-state index in [1.807, 2.05) is 82.3 Å². The van der Waals surface area contributed by atoms with E-state index in [1.165, 1.54) is 17.0 Å². The summed E-state index contributed by atoms with van der Waals surface area (Å²) in [6.07, 6.45) is 0.238. The first-order valence-electron chi connectivity index (χ1n) is 14.8. The summed E-state index contributed by atoms with van der Waals surface area (Å²) in [5, 5.41) is 3.38. The molecule has 0 saturated heterocycles. The maximum atomic E-state index is 14.6. The minimum atomic E-state index is -4.21. The molecule has 0 spiro atoms. The van der Waals surface area contributed by atoms with Gasteiger partial charge >= 0.3 is 0 Å². The molecule has 236 valence electrons. The maximum absolute atomic E-state index is 14.6. The highest BCUT2D eigenvalue weighted by atomic mass is 35.5. The average Bonchev–Trinajstić information content (AvgIpc) is 3.00. The number of anilines is 1. The lowest BCUT2D eigenvalue weighted by atomic mass is 10.0. The number of carbonyl (C=O) groups excluding carboxylic acids is 2. The summed E-state index contributed by atoms with van der Waals surface area (Å²) in [6, 6.07) is 29.2. The smallest absolute Gasteiger partial charge is 0.264 e. The fraction of sp³-hybridized carbons (Fsp3) is 0.278. The molecule has 0 fully saturated rings. The molecule has 0 saturated carbocycles. The van der Waals surface area contributed by atoms with Crippen LogP contribution in [0, 0.1) is 13.8 Å². The van der Waals surface area contributed by atoms with E-state index in [9.17, 15) is 18.0 Å². The first kappa shape index (κ1) is 33.7. The van der Waals surface area contributed by atoms with Gasteiger partial charge in [0.1, 0.15) is 12.6 Å². The van der Waals surface area contributed by atoms with Crippen LogP contribution in [0.3, 0.4) is 0 Å². The van der Waals surface area contributed by atoms with Gasteiger partial charge in [0.25, 0.3) is 10.0 Å². The van der Waals surface area contributed by atoms with Crippen molar-refractivity contribution in [3.63, 3.8) is 0 Å². The lowest BCUT2D eigenvalue weighted by Crippen LogP contribution is -2.56. The van der Waals surface area contributed by atoms with Crippen molar-refractivity contribution >= 4 is 39.1 Å². The second-order valence-electron chi connectivity index (χ2n) is 12.2. The second-order valence-corrected chi connectivity index (χ2v) is 14.5. The van der Waals surface area contributed by atoms with Crippen molar-refractivity contribution in [1.29, 1.82) is 0 Å². The number of benzene rings is 4. The molecule has 0 aliphatic rings. The number of rotatable bonds is 11. The Morgan fingerprint density at radius 3 is 2.02 bits per heavy atom. The van der Waals surface area contributed by atoms with Gasteiger partial charge in [-0.3, -0.25) is 13.9 Å². The summed E-state index contributed by atoms with van der Waals surface area (Å²) in [7, 11) is -4.21. The van der Waals surface area contributed by atoms with E-state index in [0.717, 1.165) is 21.0 Å². The first-order valence-corrected chi connectivity index (χ1v) is 16.6. The summed E-state index contributed by atoms with van der Waals surface area (Å²) in [6.45, 7) is 8.94. The van der Waals surface area contributed by atoms with Crippen LogP contribution in [0.4, 0.5) is 5.69 Å². The normalized spacial score (nSPS) is 12.3. The molecule has 0 aliphatic carbocycles. The lowest BCUT2D eigenvalue weighted by molar-refractivity contribution is -0.140. The van der Waals surface area contributed by atoms with Crippen LogP contribution in [0.2, 0.25) is 5.02 Å². The highest BCUT2D eigenvalue weighted by molar-refractivity contribution is 7.92. The number of nitrogens with zero attached hydrogens (tertiary/aromatic N) is 2. The molecule has 0 radical (unpaired) electrons. The highest BCUT2D eigenvalue weighted by Gasteiger charge is 2.36. The molecular formula is C36H40ClN3O4S. The molecule has 1 atom stereocenters. The number of hydrogen-bond donors (Lipinski definition) is 1. The first-order chi connectivity index (χ1) is 21.2. The molecule has 4 aromatic rings. The van der Waals surface area contributed by atoms with Gasteiger partial charge in [-0.05, 0) is 75.6 Å². The third-order valence-corrected chi connectivity index (χ3v) is 9.30. The summed E-state index contributed by atoms with van der Waals surface area (Å²) < 4.78 is 29.4. The van der Waals surface area contributed by atoms with Crippen LogP contribution in [-0.2, 0) is 32.6 Å². The molecule has 4 aromatic carbocycles. The van der Waals surface area contributed by atoms with Gasteiger partial charge in [0.05, 0.1) is 10.6 Å². The molecule has 0 unspecified atom stereocenters. The number of sulfonamides is 1. The largest absolute Gasteiger partial charge is 0.350 e. The number of hydrogen-bond acceptors (Lipinski definition) is 4. The Kier molecular flexibility index (Phi) is 10.7. The van der Waals surface area contributed by atoms with E-state index >= 15 is 0 Å². The fourth-order valence-corrected chi connectivity index (χ4v) is 6.64. The molecule has 9 heteroatoms. The van der Waals surface area contributed by atoms with Crippen LogP contribution in [0.5, 0.6) is 0 Å².